The molecule has 8 heteroatoms. The topological polar surface area (TPSA) is 94.5 Å². The zero-order chi connectivity index (χ0) is 27.5. The first-order valence-corrected chi connectivity index (χ1v) is 13.2. The minimum Gasteiger partial charge on any atom is -0.492 e. The molecule has 0 aliphatic carbocycles. The quantitative estimate of drug-likeness (QED) is 0.370. The van der Waals surface area contributed by atoms with Crippen molar-refractivity contribution in [2.75, 3.05) is 19.8 Å². The lowest BCUT2D eigenvalue weighted by Crippen LogP contribution is -2.33. The van der Waals surface area contributed by atoms with Crippen LogP contribution in [0.25, 0.3) is 11.1 Å². The highest BCUT2D eigenvalue weighted by Crippen LogP contribution is 2.40. The van der Waals surface area contributed by atoms with Crippen LogP contribution < -0.4 is 14.2 Å². The lowest BCUT2D eigenvalue weighted by Gasteiger charge is -2.26. The van der Waals surface area contributed by atoms with Crippen molar-refractivity contribution < 1.29 is 38.3 Å². The zero-order valence-corrected chi connectivity index (χ0v) is 22.1. The van der Waals surface area contributed by atoms with Crippen molar-refractivity contribution in [2.24, 2.45) is 0 Å². The summed E-state index contributed by atoms with van der Waals surface area (Å²) in [4.78, 5) is 11.1. The number of hydrogen-bond donors (Lipinski definition) is 2. The van der Waals surface area contributed by atoms with Gasteiger partial charge >= 0.3 is 5.97 Å². The van der Waals surface area contributed by atoms with Crippen molar-refractivity contribution >= 4 is 5.97 Å². The van der Waals surface area contributed by atoms with Crippen molar-refractivity contribution in [3.8, 4) is 28.4 Å². The summed E-state index contributed by atoms with van der Waals surface area (Å²) in [6.07, 6.45) is 1.00. The van der Waals surface area contributed by atoms with E-state index < -0.39 is 11.8 Å². The van der Waals surface area contributed by atoms with E-state index in [1.807, 2.05) is 50.2 Å². The van der Waals surface area contributed by atoms with Gasteiger partial charge in [-0.05, 0) is 78.8 Å². The fraction of sp³-hybridized carbons (Fsp3) is 0.387. The third-order valence-corrected chi connectivity index (χ3v) is 7.26. The molecule has 0 saturated carbocycles. The molecule has 2 heterocycles. The summed E-state index contributed by atoms with van der Waals surface area (Å²) >= 11 is 0. The van der Waals surface area contributed by atoms with Crippen LogP contribution in [0.15, 0.2) is 48.5 Å². The van der Waals surface area contributed by atoms with Gasteiger partial charge in [-0.25, -0.2) is 4.39 Å². The number of carboxylic acids is 1. The first-order valence-electron chi connectivity index (χ1n) is 13.2. The molecule has 3 aromatic carbocycles. The first-order chi connectivity index (χ1) is 18.8. The van der Waals surface area contributed by atoms with Gasteiger partial charge in [0.2, 0.25) is 0 Å². The molecule has 2 aliphatic rings. The second-order valence-electron chi connectivity index (χ2n) is 10.3. The van der Waals surface area contributed by atoms with E-state index in [4.69, 9.17) is 24.1 Å². The largest absolute Gasteiger partial charge is 0.492 e. The minimum atomic E-state index is -0.944. The molecule has 39 heavy (non-hydrogen) atoms. The number of halogens is 1. The Morgan fingerprint density at radius 3 is 2.56 bits per heavy atom. The van der Waals surface area contributed by atoms with Crippen LogP contribution in [0, 0.1) is 19.7 Å². The van der Waals surface area contributed by atoms with E-state index >= 15 is 0 Å². The molecular formula is C31H33FO7. The zero-order valence-electron chi connectivity index (χ0n) is 22.1. The van der Waals surface area contributed by atoms with E-state index in [-0.39, 0.29) is 43.5 Å². The van der Waals surface area contributed by atoms with E-state index in [1.165, 1.54) is 12.1 Å². The Morgan fingerprint density at radius 2 is 1.85 bits per heavy atom. The van der Waals surface area contributed by atoms with E-state index in [0.29, 0.717) is 24.5 Å². The molecule has 1 unspecified atom stereocenters. The summed E-state index contributed by atoms with van der Waals surface area (Å²) in [6.45, 7) is 5.27. The Balaban J connectivity index is 1.26. The number of rotatable bonds is 9. The molecule has 1 fully saturated rings. The Bertz CT molecular complexity index is 1320. The molecule has 0 aromatic heterocycles. The van der Waals surface area contributed by atoms with Crippen LogP contribution in [0.5, 0.6) is 17.2 Å². The summed E-state index contributed by atoms with van der Waals surface area (Å²) in [7, 11) is 0. The summed E-state index contributed by atoms with van der Waals surface area (Å²) in [5.74, 6) is -0.533. The van der Waals surface area contributed by atoms with Crippen molar-refractivity contribution in [2.45, 2.75) is 57.8 Å². The van der Waals surface area contributed by atoms with Gasteiger partial charge in [-0.2, -0.15) is 0 Å². The molecule has 2 N–H and O–H groups in total. The predicted molar refractivity (Wildman–Crippen MR) is 143 cm³/mol. The average molecular weight is 537 g/mol. The molecule has 0 radical (unpaired) electrons. The third kappa shape index (κ3) is 6.34. The number of benzene rings is 3. The van der Waals surface area contributed by atoms with Gasteiger partial charge in [-0.15, -0.1) is 0 Å². The second kappa shape index (κ2) is 11.6. The summed E-state index contributed by atoms with van der Waals surface area (Å²) < 4.78 is 37.8. The number of aliphatic hydroxyl groups is 1. The minimum absolute atomic E-state index is 0.0152. The van der Waals surface area contributed by atoms with Crippen LogP contribution in [-0.2, 0) is 16.1 Å². The van der Waals surface area contributed by atoms with Crippen LogP contribution in [0.1, 0.15) is 47.4 Å². The van der Waals surface area contributed by atoms with E-state index in [2.05, 4.69) is 0 Å². The van der Waals surface area contributed by atoms with Crippen LogP contribution in [-0.4, -0.2) is 48.2 Å². The summed E-state index contributed by atoms with van der Waals surface area (Å²) in [5.41, 5.74) is 5.71. The van der Waals surface area contributed by atoms with Gasteiger partial charge in [0.1, 0.15) is 24.7 Å². The maximum atomic E-state index is 14.8. The lowest BCUT2D eigenvalue weighted by atomic mass is 9.94. The highest BCUT2D eigenvalue weighted by molar-refractivity contribution is 5.72. The second-order valence-corrected chi connectivity index (χ2v) is 10.3. The number of aliphatic hydroxyl groups excluding tert-OH is 1. The van der Waals surface area contributed by atoms with Gasteiger partial charge in [0.25, 0.3) is 0 Å². The molecule has 0 spiro atoms. The van der Waals surface area contributed by atoms with E-state index in [1.54, 1.807) is 0 Å². The SMILES string of the molecule is Cc1cc(OC[C@@H]2CC[C@@H](O)CO2)cc(C)c1-c1cccc(COc2cc3c(cc2F)C(CC(=O)O)CO3)c1. The van der Waals surface area contributed by atoms with Gasteiger partial charge < -0.3 is 29.2 Å². The number of ether oxygens (including phenoxy) is 4. The van der Waals surface area contributed by atoms with Crippen LogP contribution in [0.4, 0.5) is 4.39 Å². The number of hydrogen-bond acceptors (Lipinski definition) is 6. The molecule has 1 saturated heterocycles. The monoisotopic (exact) mass is 536 g/mol. The maximum Gasteiger partial charge on any atom is 0.304 e. The van der Waals surface area contributed by atoms with Gasteiger partial charge in [-0.1, -0.05) is 18.2 Å². The van der Waals surface area contributed by atoms with Gasteiger partial charge in [0, 0.05) is 17.5 Å². The van der Waals surface area contributed by atoms with E-state index in [0.717, 1.165) is 46.4 Å². The lowest BCUT2D eigenvalue weighted by molar-refractivity contribution is -0.137. The molecule has 0 amide bonds. The third-order valence-electron chi connectivity index (χ3n) is 7.26. The summed E-state index contributed by atoms with van der Waals surface area (Å²) in [5, 5.41) is 18.7. The fourth-order valence-corrected chi connectivity index (χ4v) is 5.32. The van der Waals surface area contributed by atoms with Crippen LogP contribution >= 0.6 is 0 Å². The fourth-order valence-electron chi connectivity index (χ4n) is 5.32. The first kappa shape index (κ1) is 27.0. The number of carboxylic acid groups (broad SMARTS) is 1. The Kier molecular flexibility index (Phi) is 8.04. The molecule has 206 valence electrons. The number of carbonyl (C=O) groups is 1. The number of fused-ring (bicyclic) bond motifs is 1. The van der Waals surface area contributed by atoms with Gasteiger partial charge in [-0.3, -0.25) is 4.79 Å². The number of aliphatic carboxylic acids is 1. The Morgan fingerprint density at radius 1 is 1.05 bits per heavy atom. The standard InChI is InChI=1S/C31H33FO7/c1-18-8-25(37-17-24-7-6-23(33)16-36-24)9-19(2)31(18)21-5-3-4-20(10-21)14-38-29-13-28-26(12-27(29)32)22(15-39-28)11-30(34)35/h3-5,8-10,12-13,22-24,33H,6-7,11,14-17H2,1-2H3,(H,34,35)/t22?,23-,24+/m1/s1. The Labute approximate surface area is 227 Å². The highest BCUT2D eigenvalue weighted by Gasteiger charge is 2.28. The average Bonchev–Trinajstić information content (AvgIpc) is 3.27. The molecule has 5 rings (SSSR count). The molecule has 0 bridgehead atoms. The van der Waals surface area contributed by atoms with E-state index in [9.17, 15) is 14.3 Å². The smallest absolute Gasteiger partial charge is 0.304 e. The van der Waals surface area contributed by atoms with Crippen LogP contribution in [0.3, 0.4) is 0 Å². The Hall–Kier alpha value is -3.62. The van der Waals surface area contributed by atoms with Crippen molar-refractivity contribution in [3.05, 3.63) is 76.6 Å². The van der Waals surface area contributed by atoms with Gasteiger partial charge in [0.05, 0.1) is 31.8 Å². The van der Waals surface area contributed by atoms with Crippen LogP contribution in [0.2, 0.25) is 0 Å². The van der Waals surface area contributed by atoms with Gasteiger partial charge in [0.15, 0.2) is 11.6 Å². The van der Waals surface area contributed by atoms with Crippen molar-refractivity contribution in [3.63, 3.8) is 0 Å². The predicted octanol–water partition coefficient (Wildman–Crippen LogP) is 5.56. The summed E-state index contributed by atoms with van der Waals surface area (Å²) in [6, 6.07) is 14.8. The molecule has 7 nitrogen and oxygen atoms in total. The highest BCUT2D eigenvalue weighted by atomic mass is 19.1. The molecular weight excluding hydrogens is 503 g/mol. The number of aryl methyl sites for hydroxylation is 2. The molecule has 3 atom stereocenters. The molecule has 3 aromatic rings. The van der Waals surface area contributed by atoms with Crippen molar-refractivity contribution in [1.82, 2.24) is 0 Å². The van der Waals surface area contributed by atoms with Crippen molar-refractivity contribution in [1.29, 1.82) is 0 Å². The normalized spacial score (nSPS) is 20.3. The maximum absolute atomic E-state index is 14.8. The molecule has 2 aliphatic heterocycles.